The number of imidazole rings is 1. The zero-order valence-electron chi connectivity index (χ0n) is 14.1. The first-order valence-electron chi connectivity index (χ1n) is 8.85. The summed E-state index contributed by atoms with van der Waals surface area (Å²) in [7, 11) is 2.02. The Hall–Kier alpha value is -2.08. The van der Waals surface area contributed by atoms with Gasteiger partial charge in [0.1, 0.15) is 5.82 Å². The highest BCUT2D eigenvalue weighted by Crippen LogP contribution is 2.42. The van der Waals surface area contributed by atoms with Crippen molar-refractivity contribution in [2.45, 2.75) is 44.3 Å². The lowest BCUT2D eigenvalue weighted by atomic mass is 9.87. The number of hydrogen-bond acceptors (Lipinski definition) is 3. The van der Waals surface area contributed by atoms with Gasteiger partial charge in [0, 0.05) is 57.4 Å². The molecular weight excluding hydrogens is 302 g/mol. The number of carbonyl (C=O) groups excluding carboxylic acids is 1. The summed E-state index contributed by atoms with van der Waals surface area (Å²) < 4.78 is 2.07. The molecule has 2 atom stereocenters. The van der Waals surface area contributed by atoms with Crippen molar-refractivity contribution < 1.29 is 4.79 Å². The van der Waals surface area contributed by atoms with E-state index in [1.807, 2.05) is 31.8 Å². The zero-order chi connectivity index (χ0) is 16.5. The molecular formula is C18H25N5O. The van der Waals surface area contributed by atoms with Gasteiger partial charge < -0.3 is 19.8 Å². The lowest BCUT2D eigenvalue weighted by Crippen LogP contribution is -2.47. The molecule has 1 saturated carbocycles. The minimum Gasteiger partial charge on any atom is -0.367 e. The number of rotatable bonds is 6. The van der Waals surface area contributed by atoms with E-state index < -0.39 is 0 Å². The molecule has 0 unspecified atom stereocenters. The summed E-state index contributed by atoms with van der Waals surface area (Å²) >= 11 is 0. The molecule has 0 radical (unpaired) electrons. The van der Waals surface area contributed by atoms with Gasteiger partial charge >= 0.3 is 0 Å². The third-order valence-electron chi connectivity index (χ3n) is 5.22. The Morgan fingerprint density at radius 3 is 2.92 bits per heavy atom. The summed E-state index contributed by atoms with van der Waals surface area (Å²) in [6.07, 6.45) is 11.6. The van der Waals surface area contributed by atoms with E-state index in [9.17, 15) is 4.79 Å². The van der Waals surface area contributed by atoms with Crippen LogP contribution in [-0.2, 0) is 18.4 Å². The quantitative estimate of drug-likeness (QED) is 0.852. The fourth-order valence-electron chi connectivity index (χ4n) is 3.84. The molecule has 1 saturated heterocycles. The maximum absolute atomic E-state index is 12.6. The SMILES string of the molecule is Cn1ccnc1[C@@H]1[C@@H](CNCc2cc[nH]c2)CCC(=O)N1C1CC1. The maximum atomic E-state index is 12.6. The lowest BCUT2D eigenvalue weighted by molar-refractivity contribution is -0.140. The van der Waals surface area contributed by atoms with Crippen molar-refractivity contribution >= 4 is 5.91 Å². The van der Waals surface area contributed by atoms with Crippen LogP contribution in [0.2, 0.25) is 0 Å². The average molecular weight is 327 g/mol. The van der Waals surface area contributed by atoms with Gasteiger partial charge in [0.25, 0.3) is 0 Å². The van der Waals surface area contributed by atoms with E-state index in [0.29, 0.717) is 24.3 Å². The number of likely N-dealkylation sites (tertiary alicyclic amines) is 1. The molecule has 1 aliphatic heterocycles. The first-order valence-corrected chi connectivity index (χ1v) is 8.85. The second kappa shape index (κ2) is 6.43. The Kier molecular flexibility index (Phi) is 4.14. The highest BCUT2D eigenvalue weighted by molar-refractivity contribution is 5.78. The summed E-state index contributed by atoms with van der Waals surface area (Å²) in [5, 5.41) is 3.57. The van der Waals surface area contributed by atoms with Gasteiger partial charge in [0.15, 0.2) is 0 Å². The van der Waals surface area contributed by atoms with Crippen LogP contribution in [0.15, 0.2) is 30.9 Å². The molecule has 1 aliphatic carbocycles. The number of aromatic nitrogens is 3. The van der Waals surface area contributed by atoms with Crippen LogP contribution in [0.25, 0.3) is 0 Å². The molecule has 0 spiro atoms. The van der Waals surface area contributed by atoms with Gasteiger partial charge in [-0.15, -0.1) is 0 Å². The standard InChI is InChI=1S/C18H25N5O/c1-22-9-8-21-18(22)17-14(12-20-11-13-6-7-19-10-13)2-5-16(24)23(17)15-3-4-15/h6-10,14-15,17,19-20H,2-5,11-12H2,1H3/t14-,17+/m1/s1. The van der Waals surface area contributed by atoms with Crippen LogP contribution in [0.3, 0.4) is 0 Å². The summed E-state index contributed by atoms with van der Waals surface area (Å²) in [6, 6.07) is 2.61. The van der Waals surface area contributed by atoms with Gasteiger partial charge in [-0.1, -0.05) is 0 Å². The van der Waals surface area contributed by atoms with Gasteiger partial charge in [-0.05, 0) is 36.8 Å². The Bertz CT molecular complexity index is 688. The van der Waals surface area contributed by atoms with Crippen LogP contribution in [-0.4, -0.2) is 37.9 Å². The molecule has 6 nitrogen and oxygen atoms in total. The summed E-state index contributed by atoms with van der Waals surface area (Å²) in [5.74, 6) is 1.72. The minimum absolute atomic E-state index is 0.0949. The molecule has 1 amide bonds. The topological polar surface area (TPSA) is 66.0 Å². The van der Waals surface area contributed by atoms with Gasteiger partial charge in [-0.25, -0.2) is 4.98 Å². The fraction of sp³-hybridized carbons (Fsp3) is 0.556. The predicted octanol–water partition coefficient (Wildman–Crippen LogP) is 1.98. The van der Waals surface area contributed by atoms with Crippen LogP contribution in [0.5, 0.6) is 0 Å². The highest BCUT2D eigenvalue weighted by atomic mass is 16.2. The molecule has 3 heterocycles. The number of aromatic amines is 1. The van der Waals surface area contributed by atoms with Crippen LogP contribution in [0, 0.1) is 5.92 Å². The number of amides is 1. The summed E-state index contributed by atoms with van der Waals surface area (Å²) in [6.45, 7) is 1.75. The molecule has 0 bridgehead atoms. The van der Waals surface area contributed by atoms with E-state index in [0.717, 1.165) is 38.2 Å². The molecule has 2 aromatic rings. The minimum atomic E-state index is 0.0949. The molecule has 24 heavy (non-hydrogen) atoms. The van der Waals surface area contributed by atoms with E-state index in [1.165, 1.54) is 5.56 Å². The van der Waals surface area contributed by atoms with Crippen molar-refractivity contribution in [1.82, 2.24) is 24.8 Å². The third kappa shape index (κ3) is 2.98. The van der Waals surface area contributed by atoms with E-state index in [-0.39, 0.29) is 6.04 Å². The van der Waals surface area contributed by atoms with Crippen molar-refractivity contribution in [1.29, 1.82) is 0 Å². The maximum Gasteiger partial charge on any atom is 0.223 e. The van der Waals surface area contributed by atoms with Crippen molar-refractivity contribution in [3.05, 3.63) is 42.2 Å². The van der Waals surface area contributed by atoms with Crippen LogP contribution >= 0.6 is 0 Å². The van der Waals surface area contributed by atoms with E-state index >= 15 is 0 Å². The lowest BCUT2D eigenvalue weighted by Gasteiger charge is -2.41. The van der Waals surface area contributed by atoms with Crippen molar-refractivity contribution in [2.24, 2.45) is 13.0 Å². The zero-order valence-corrected chi connectivity index (χ0v) is 14.1. The van der Waals surface area contributed by atoms with E-state index in [4.69, 9.17) is 0 Å². The average Bonchev–Trinajstić information content (AvgIpc) is 3.10. The van der Waals surface area contributed by atoms with E-state index in [1.54, 1.807) is 0 Å². The second-order valence-corrected chi connectivity index (χ2v) is 7.02. The summed E-state index contributed by atoms with van der Waals surface area (Å²) in [5.41, 5.74) is 1.26. The number of carbonyl (C=O) groups is 1. The smallest absolute Gasteiger partial charge is 0.223 e. The molecule has 2 N–H and O–H groups in total. The van der Waals surface area contributed by atoms with Crippen LogP contribution in [0.1, 0.15) is 43.1 Å². The monoisotopic (exact) mass is 327 g/mol. The molecule has 0 aromatic carbocycles. The Labute approximate surface area is 142 Å². The molecule has 2 fully saturated rings. The first-order chi connectivity index (χ1) is 11.7. The van der Waals surface area contributed by atoms with Crippen molar-refractivity contribution in [2.75, 3.05) is 6.54 Å². The third-order valence-corrected chi connectivity index (χ3v) is 5.22. The van der Waals surface area contributed by atoms with Gasteiger partial charge in [-0.2, -0.15) is 0 Å². The Morgan fingerprint density at radius 2 is 2.25 bits per heavy atom. The molecule has 2 aliphatic rings. The molecule has 2 aromatic heterocycles. The number of H-pyrrole nitrogens is 1. The van der Waals surface area contributed by atoms with Gasteiger partial charge in [0.05, 0.1) is 6.04 Å². The largest absolute Gasteiger partial charge is 0.367 e. The Balaban J connectivity index is 1.52. The normalized spacial score (nSPS) is 24.5. The number of hydrogen-bond donors (Lipinski definition) is 2. The van der Waals surface area contributed by atoms with Gasteiger partial charge in [-0.3, -0.25) is 4.79 Å². The number of aryl methyl sites for hydroxylation is 1. The first kappa shape index (κ1) is 15.4. The van der Waals surface area contributed by atoms with Crippen LogP contribution < -0.4 is 5.32 Å². The summed E-state index contributed by atoms with van der Waals surface area (Å²) in [4.78, 5) is 22.4. The molecule has 4 rings (SSSR count). The fourth-order valence-corrected chi connectivity index (χ4v) is 3.84. The number of nitrogens with one attached hydrogen (secondary N) is 2. The molecule has 6 heteroatoms. The van der Waals surface area contributed by atoms with Crippen molar-refractivity contribution in [3.8, 4) is 0 Å². The Morgan fingerprint density at radius 1 is 1.38 bits per heavy atom. The van der Waals surface area contributed by atoms with Crippen LogP contribution in [0.4, 0.5) is 0 Å². The molecule has 128 valence electrons. The second-order valence-electron chi connectivity index (χ2n) is 7.02. The van der Waals surface area contributed by atoms with Crippen molar-refractivity contribution in [3.63, 3.8) is 0 Å². The number of nitrogens with zero attached hydrogens (tertiary/aromatic N) is 3. The predicted molar refractivity (Wildman–Crippen MR) is 91.0 cm³/mol. The number of piperidine rings is 1. The highest BCUT2D eigenvalue weighted by Gasteiger charge is 2.45. The van der Waals surface area contributed by atoms with Gasteiger partial charge in [0.2, 0.25) is 5.91 Å². The van der Waals surface area contributed by atoms with E-state index in [2.05, 4.69) is 30.8 Å².